The Hall–Kier alpha value is -7.82. The van der Waals surface area contributed by atoms with E-state index >= 15 is 0 Å². The van der Waals surface area contributed by atoms with E-state index in [1.165, 1.54) is 77.9 Å². The maximum absolute atomic E-state index is 7.22. The van der Waals surface area contributed by atoms with E-state index in [0.29, 0.717) is 0 Å². The lowest BCUT2D eigenvalue weighted by atomic mass is 9.72. The van der Waals surface area contributed by atoms with Gasteiger partial charge in [0.1, 0.15) is 22.3 Å². The summed E-state index contributed by atoms with van der Waals surface area (Å²) >= 11 is 0. The summed E-state index contributed by atoms with van der Waals surface area (Å²) in [6.07, 6.45) is 0. The zero-order valence-electron chi connectivity index (χ0n) is 41.7. The first-order valence-corrected chi connectivity index (χ1v) is 24.8. The Bertz CT molecular complexity index is 3780. The van der Waals surface area contributed by atoms with Crippen molar-refractivity contribution in [1.29, 1.82) is 0 Å². The summed E-state index contributed by atoms with van der Waals surface area (Å²) in [5, 5.41) is 4.47. The Balaban J connectivity index is 1.10. The van der Waals surface area contributed by atoms with Gasteiger partial charge in [0.2, 0.25) is 0 Å². The molecule has 0 fully saturated rings. The van der Waals surface area contributed by atoms with Crippen LogP contribution < -0.4 is 9.80 Å². The zero-order chi connectivity index (χ0) is 48.1. The van der Waals surface area contributed by atoms with Gasteiger partial charge in [0, 0.05) is 55.5 Å². The number of furan rings is 2. The van der Waals surface area contributed by atoms with Crippen LogP contribution in [0.5, 0.6) is 0 Å². The maximum Gasteiger partial charge on any atom is 0.145 e. The largest absolute Gasteiger partial charge is 0.455 e. The highest BCUT2D eigenvalue weighted by Gasteiger charge is 2.49. The van der Waals surface area contributed by atoms with E-state index in [0.717, 1.165) is 78.0 Å². The van der Waals surface area contributed by atoms with Crippen molar-refractivity contribution in [3.63, 3.8) is 0 Å². The van der Waals surface area contributed by atoms with Gasteiger partial charge in [-0.1, -0.05) is 148 Å². The van der Waals surface area contributed by atoms with Crippen LogP contribution in [0.1, 0.15) is 83.3 Å². The fourth-order valence-corrected chi connectivity index (χ4v) is 12.7. The lowest BCUT2D eigenvalue weighted by Crippen LogP contribution is -2.24. The molecule has 0 atom stereocenters. The third kappa shape index (κ3) is 5.77. The van der Waals surface area contributed by atoms with E-state index in [4.69, 9.17) is 8.83 Å². The number of benzene rings is 9. The molecule has 9 aromatic carbocycles. The van der Waals surface area contributed by atoms with Crippen LogP contribution >= 0.6 is 0 Å². The lowest BCUT2D eigenvalue weighted by molar-refractivity contribution is 0.600. The minimum atomic E-state index is -0.418. The third-order valence-electron chi connectivity index (χ3n) is 16.0. The van der Waals surface area contributed by atoms with Gasteiger partial charge in [-0.25, -0.2) is 0 Å². The second-order valence-electron chi connectivity index (χ2n) is 21.2. The Kier molecular flexibility index (Phi) is 8.97. The average molecular weight is 909 g/mol. The van der Waals surface area contributed by atoms with Crippen LogP contribution in [-0.2, 0) is 10.8 Å². The van der Waals surface area contributed by atoms with Gasteiger partial charge in [0.25, 0.3) is 0 Å². The highest BCUT2D eigenvalue weighted by Crippen LogP contribution is 2.64. The number of hydrogen-bond donors (Lipinski definition) is 0. The summed E-state index contributed by atoms with van der Waals surface area (Å²) in [4.78, 5) is 4.99. The standard InChI is InChI=1S/C66H56N2O2/c1-37-27-31-51(41(5)33-37)67(49-23-15-11-19-39(49)3)53-35-47-57(63-59(53)43-21-13-17-25-55(43)69-63)45-29-30-46-58-48(66(9,10)62(46)61(45)65(47,7)8)36-54(60-44-22-14-18-26-56(44)70-64(58)60)68(50-24-16-12-20-40(50)4)52-32-28-38(2)34-42(52)6/h11-36H,1-10H3. The number of aryl methyl sites for hydroxylation is 6. The maximum atomic E-state index is 7.22. The Labute approximate surface area is 410 Å². The highest BCUT2D eigenvalue weighted by atomic mass is 16.3. The SMILES string of the molecule is Cc1ccc(N(c2ccccc2C)c2cc3c(c4oc5ccccc5c24)-c2ccc4c(c2C3(C)C)C(C)(C)c2cc(N(c3ccccc3C)c3ccc(C)cc3C)c3c(oc5ccccc53)c2-4)c(C)c1. The molecule has 2 aliphatic rings. The molecule has 0 spiro atoms. The van der Waals surface area contributed by atoms with Crippen molar-refractivity contribution in [2.45, 2.75) is 80.1 Å². The molecule has 2 heterocycles. The van der Waals surface area contributed by atoms with Crippen LogP contribution in [0.4, 0.5) is 34.1 Å². The number of hydrogen-bond acceptors (Lipinski definition) is 4. The first-order chi connectivity index (χ1) is 33.7. The minimum Gasteiger partial charge on any atom is -0.455 e. The Morgan fingerprint density at radius 2 is 0.729 bits per heavy atom. The van der Waals surface area contributed by atoms with Crippen molar-refractivity contribution in [3.8, 4) is 22.3 Å². The first-order valence-electron chi connectivity index (χ1n) is 24.8. The fourth-order valence-electron chi connectivity index (χ4n) is 12.7. The molecule has 4 nitrogen and oxygen atoms in total. The molecule has 342 valence electrons. The molecule has 0 aliphatic heterocycles. The third-order valence-corrected chi connectivity index (χ3v) is 16.0. The average Bonchev–Trinajstić information content (AvgIpc) is 4.04. The molecule has 11 aromatic rings. The van der Waals surface area contributed by atoms with Gasteiger partial charge in [-0.05, 0) is 146 Å². The summed E-state index contributed by atoms with van der Waals surface area (Å²) < 4.78 is 14.4. The van der Waals surface area contributed by atoms with E-state index in [9.17, 15) is 0 Å². The Morgan fingerprint density at radius 1 is 0.357 bits per heavy atom. The number of nitrogens with zero attached hydrogens (tertiary/aromatic N) is 2. The molecule has 0 amide bonds. The summed E-state index contributed by atoms with van der Waals surface area (Å²) in [5.41, 5.74) is 27.1. The number of para-hydroxylation sites is 4. The molecule has 2 aliphatic carbocycles. The van der Waals surface area contributed by atoms with Gasteiger partial charge < -0.3 is 18.6 Å². The quantitative estimate of drug-likeness (QED) is 0.166. The summed E-state index contributed by atoms with van der Waals surface area (Å²) in [6, 6.07) is 58.2. The van der Waals surface area contributed by atoms with Crippen LogP contribution in [0.2, 0.25) is 0 Å². The highest BCUT2D eigenvalue weighted by molar-refractivity contribution is 6.21. The molecular formula is C66H56N2O2. The van der Waals surface area contributed by atoms with Crippen LogP contribution in [-0.4, -0.2) is 0 Å². The molecule has 13 rings (SSSR count). The van der Waals surface area contributed by atoms with E-state index in [-0.39, 0.29) is 0 Å². The van der Waals surface area contributed by atoms with Crippen molar-refractivity contribution in [2.24, 2.45) is 0 Å². The Morgan fingerprint density at radius 3 is 1.13 bits per heavy atom. The van der Waals surface area contributed by atoms with Crippen molar-refractivity contribution < 1.29 is 8.83 Å². The normalized spacial score (nSPS) is 14.1. The number of rotatable bonds is 6. The van der Waals surface area contributed by atoms with Gasteiger partial charge in [0.05, 0.1) is 22.1 Å². The topological polar surface area (TPSA) is 32.8 Å². The van der Waals surface area contributed by atoms with E-state index in [1.54, 1.807) is 0 Å². The molecule has 0 N–H and O–H groups in total. The van der Waals surface area contributed by atoms with E-state index in [1.807, 2.05) is 0 Å². The second kappa shape index (κ2) is 14.8. The van der Waals surface area contributed by atoms with Crippen molar-refractivity contribution in [1.82, 2.24) is 0 Å². The lowest BCUT2D eigenvalue weighted by Gasteiger charge is -2.33. The van der Waals surface area contributed by atoms with Crippen molar-refractivity contribution in [2.75, 3.05) is 9.80 Å². The molecule has 0 radical (unpaired) electrons. The van der Waals surface area contributed by atoms with Crippen molar-refractivity contribution >= 4 is 78.0 Å². The van der Waals surface area contributed by atoms with E-state index < -0.39 is 10.8 Å². The summed E-state index contributed by atoms with van der Waals surface area (Å²) in [5.74, 6) is 0. The zero-order valence-corrected chi connectivity index (χ0v) is 41.7. The van der Waals surface area contributed by atoms with Gasteiger partial charge in [-0.2, -0.15) is 0 Å². The van der Waals surface area contributed by atoms with Crippen molar-refractivity contribution in [3.05, 3.63) is 213 Å². The monoisotopic (exact) mass is 908 g/mol. The summed E-state index contributed by atoms with van der Waals surface area (Å²) in [6.45, 7) is 23.0. The summed E-state index contributed by atoms with van der Waals surface area (Å²) in [7, 11) is 0. The fraction of sp³-hybridized carbons (Fsp3) is 0.182. The number of anilines is 6. The van der Waals surface area contributed by atoms with Crippen LogP contribution in [0, 0.1) is 41.5 Å². The molecule has 2 aromatic heterocycles. The predicted molar refractivity (Wildman–Crippen MR) is 294 cm³/mol. The molecule has 4 heteroatoms. The molecule has 0 saturated carbocycles. The number of fused-ring (bicyclic) bond motifs is 15. The van der Waals surface area contributed by atoms with Gasteiger partial charge in [-0.3, -0.25) is 0 Å². The molecule has 0 bridgehead atoms. The molecule has 0 unspecified atom stereocenters. The van der Waals surface area contributed by atoms with Gasteiger partial charge in [0.15, 0.2) is 0 Å². The van der Waals surface area contributed by atoms with Crippen LogP contribution in [0.3, 0.4) is 0 Å². The van der Waals surface area contributed by atoms with Gasteiger partial charge >= 0.3 is 0 Å². The smallest absolute Gasteiger partial charge is 0.145 e. The van der Waals surface area contributed by atoms with Gasteiger partial charge in [-0.15, -0.1) is 0 Å². The molecule has 70 heavy (non-hydrogen) atoms. The minimum absolute atomic E-state index is 0.418. The second-order valence-corrected chi connectivity index (χ2v) is 21.2. The predicted octanol–water partition coefficient (Wildman–Crippen LogP) is 18.9. The first kappa shape index (κ1) is 42.3. The molecule has 0 saturated heterocycles. The van der Waals surface area contributed by atoms with E-state index in [2.05, 4.69) is 237 Å². The van der Waals surface area contributed by atoms with Crippen LogP contribution in [0.15, 0.2) is 167 Å². The molecular weight excluding hydrogens is 853 g/mol. The van der Waals surface area contributed by atoms with Crippen LogP contribution in [0.25, 0.3) is 66.1 Å².